The van der Waals surface area contributed by atoms with Gasteiger partial charge in [-0.15, -0.1) is 0 Å². The van der Waals surface area contributed by atoms with E-state index in [9.17, 15) is 0 Å². The Morgan fingerprint density at radius 1 is 1.57 bits per heavy atom. The van der Waals surface area contributed by atoms with Crippen molar-refractivity contribution < 1.29 is 0 Å². The number of thioether (sulfide) groups is 1. The first-order valence-electron chi connectivity index (χ1n) is 5.57. The van der Waals surface area contributed by atoms with Gasteiger partial charge in [-0.05, 0) is 24.2 Å². The smallest absolute Gasteiger partial charge is 0.156 e. The summed E-state index contributed by atoms with van der Waals surface area (Å²) < 4.78 is 0. The Kier molecular flexibility index (Phi) is 2.78. The van der Waals surface area contributed by atoms with Gasteiger partial charge in [-0.3, -0.25) is 4.99 Å². The fourth-order valence-corrected chi connectivity index (χ4v) is 2.78. The molecule has 1 heterocycles. The van der Waals surface area contributed by atoms with Gasteiger partial charge in [-0.25, -0.2) is 0 Å². The summed E-state index contributed by atoms with van der Waals surface area (Å²) in [4.78, 5) is 4.48. The summed E-state index contributed by atoms with van der Waals surface area (Å²) in [6.45, 7) is 9.02. The minimum Gasteiger partial charge on any atom is -0.364 e. The van der Waals surface area contributed by atoms with Crippen molar-refractivity contribution in [3.05, 3.63) is 0 Å². The molecule has 1 unspecified atom stereocenters. The summed E-state index contributed by atoms with van der Waals surface area (Å²) in [5.41, 5.74) is 0.592. The second-order valence-electron chi connectivity index (χ2n) is 4.94. The van der Waals surface area contributed by atoms with Crippen LogP contribution in [0.2, 0.25) is 0 Å². The van der Waals surface area contributed by atoms with Gasteiger partial charge in [0.25, 0.3) is 0 Å². The van der Waals surface area contributed by atoms with Crippen LogP contribution < -0.4 is 5.32 Å². The largest absolute Gasteiger partial charge is 0.364 e. The first-order valence-corrected chi connectivity index (χ1v) is 6.45. The molecule has 2 rings (SSSR count). The fraction of sp³-hybridized carbons (Fsp3) is 0.909. The molecule has 1 atom stereocenters. The van der Waals surface area contributed by atoms with E-state index < -0.39 is 0 Å². The van der Waals surface area contributed by atoms with Crippen molar-refractivity contribution in [2.24, 2.45) is 16.3 Å². The third-order valence-electron chi connectivity index (χ3n) is 3.51. The Bertz CT molecular complexity index is 244. The maximum atomic E-state index is 4.48. The number of aliphatic imine (C=N–C) groups is 1. The van der Waals surface area contributed by atoms with Crippen LogP contribution in [0.25, 0.3) is 0 Å². The van der Waals surface area contributed by atoms with Gasteiger partial charge >= 0.3 is 0 Å². The van der Waals surface area contributed by atoms with E-state index in [1.54, 1.807) is 0 Å². The lowest BCUT2D eigenvalue weighted by molar-refractivity contribution is 0.358. The van der Waals surface area contributed by atoms with Crippen LogP contribution in [0.1, 0.15) is 33.6 Å². The molecule has 1 saturated carbocycles. The van der Waals surface area contributed by atoms with Gasteiger partial charge in [0.05, 0.1) is 6.54 Å². The highest BCUT2D eigenvalue weighted by Gasteiger charge is 2.45. The van der Waals surface area contributed by atoms with E-state index in [1.807, 2.05) is 11.8 Å². The number of hydrogen-bond donors (Lipinski definition) is 1. The van der Waals surface area contributed by atoms with Gasteiger partial charge < -0.3 is 5.32 Å². The molecule has 0 saturated heterocycles. The molecule has 0 aromatic carbocycles. The second-order valence-corrected chi connectivity index (χ2v) is 6.37. The molecule has 1 aliphatic heterocycles. The molecule has 1 N–H and O–H groups in total. The molecule has 1 fully saturated rings. The molecule has 0 radical (unpaired) electrons. The molecular weight excluding hydrogens is 192 g/mol. The van der Waals surface area contributed by atoms with Crippen molar-refractivity contribution in [2.45, 2.75) is 38.9 Å². The quantitative estimate of drug-likeness (QED) is 0.777. The van der Waals surface area contributed by atoms with E-state index in [0.29, 0.717) is 10.7 Å². The maximum absolute atomic E-state index is 4.48. The highest BCUT2D eigenvalue weighted by molar-refractivity contribution is 8.14. The maximum Gasteiger partial charge on any atom is 0.156 e. The molecular formula is C11H20N2S. The van der Waals surface area contributed by atoms with Crippen molar-refractivity contribution in [2.75, 3.05) is 13.1 Å². The van der Waals surface area contributed by atoms with Crippen LogP contribution in [-0.4, -0.2) is 23.5 Å². The predicted molar refractivity (Wildman–Crippen MR) is 63.9 cm³/mol. The van der Waals surface area contributed by atoms with Gasteiger partial charge in [0, 0.05) is 11.8 Å². The summed E-state index contributed by atoms with van der Waals surface area (Å²) in [7, 11) is 0. The van der Waals surface area contributed by atoms with E-state index >= 15 is 0 Å². The monoisotopic (exact) mass is 212 g/mol. The first kappa shape index (κ1) is 10.3. The molecule has 0 aromatic heterocycles. The van der Waals surface area contributed by atoms with Crippen LogP contribution in [-0.2, 0) is 0 Å². The second kappa shape index (κ2) is 3.76. The Labute approximate surface area is 90.9 Å². The molecule has 0 aromatic rings. The minimum absolute atomic E-state index is 0.592. The third-order valence-corrected chi connectivity index (χ3v) is 4.56. The highest BCUT2D eigenvalue weighted by Crippen LogP contribution is 2.51. The van der Waals surface area contributed by atoms with Crippen LogP contribution in [0.4, 0.5) is 0 Å². The number of hydrogen-bond acceptors (Lipinski definition) is 3. The van der Waals surface area contributed by atoms with Gasteiger partial charge in [-0.2, -0.15) is 0 Å². The van der Waals surface area contributed by atoms with E-state index in [4.69, 9.17) is 0 Å². The third kappa shape index (κ3) is 2.08. The number of nitrogens with one attached hydrogen (secondary N) is 1. The molecule has 80 valence electrons. The van der Waals surface area contributed by atoms with E-state index in [2.05, 4.69) is 31.1 Å². The van der Waals surface area contributed by atoms with Crippen molar-refractivity contribution in [3.8, 4) is 0 Å². The predicted octanol–water partition coefficient (Wildman–Crippen LogP) is 2.50. The van der Waals surface area contributed by atoms with Crippen molar-refractivity contribution in [3.63, 3.8) is 0 Å². The van der Waals surface area contributed by atoms with Gasteiger partial charge in [0.15, 0.2) is 5.17 Å². The van der Waals surface area contributed by atoms with Crippen molar-refractivity contribution in [1.29, 1.82) is 0 Å². The Morgan fingerprint density at radius 2 is 2.29 bits per heavy atom. The number of amidine groups is 1. The number of nitrogens with zero attached hydrogens (tertiary/aromatic N) is 1. The summed E-state index contributed by atoms with van der Waals surface area (Å²) in [6, 6.07) is 0. The normalized spacial score (nSPS) is 29.1. The van der Waals surface area contributed by atoms with Crippen LogP contribution in [0, 0.1) is 11.3 Å². The zero-order valence-corrected chi connectivity index (χ0v) is 10.2. The molecule has 2 nitrogen and oxygen atoms in total. The Balaban J connectivity index is 1.78. The molecule has 14 heavy (non-hydrogen) atoms. The SMILES string of the molecule is CC1CN=C(NCC2(C(C)C)CC2)S1. The zero-order chi connectivity index (χ0) is 10.2. The lowest BCUT2D eigenvalue weighted by Crippen LogP contribution is -2.30. The number of rotatable bonds is 3. The molecule has 0 bridgehead atoms. The van der Waals surface area contributed by atoms with Crippen LogP contribution in [0.15, 0.2) is 4.99 Å². The van der Waals surface area contributed by atoms with Crippen LogP contribution in [0.5, 0.6) is 0 Å². The van der Waals surface area contributed by atoms with E-state index in [-0.39, 0.29) is 0 Å². The van der Waals surface area contributed by atoms with Gasteiger partial charge in [-0.1, -0.05) is 32.5 Å². The van der Waals surface area contributed by atoms with Crippen LogP contribution in [0.3, 0.4) is 0 Å². The fourth-order valence-electron chi connectivity index (χ4n) is 1.94. The summed E-state index contributed by atoms with van der Waals surface area (Å²) in [5.74, 6) is 0.805. The topological polar surface area (TPSA) is 24.4 Å². The average molecular weight is 212 g/mol. The van der Waals surface area contributed by atoms with Gasteiger partial charge in [0.2, 0.25) is 0 Å². The molecule has 1 aliphatic carbocycles. The van der Waals surface area contributed by atoms with Crippen LogP contribution >= 0.6 is 11.8 Å². The highest BCUT2D eigenvalue weighted by atomic mass is 32.2. The molecule has 2 aliphatic rings. The minimum atomic E-state index is 0.592. The Morgan fingerprint density at radius 3 is 2.71 bits per heavy atom. The molecule has 0 amide bonds. The molecule has 0 spiro atoms. The van der Waals surface area contributed by atoms with Crippen molar-refractivity contribution >= 4 is 16.9 Å². The van der Waals surface area contributed by atoms with E-state index in [0.717, 1.165) is 19.0 Å². The molecule has 3 heteroatoms. The van der Waals surface area contributed by atoms with Crippen molar-refractivity contribution in [1.82, 2.24) is 5.32 Å². The van der Waals surface area contributed by atoms with Gasteiger partial charge in [0.1, 0.15) is 0 Å². The first-order chi connectivity index (χ1) is 6.62. The summed E-state index contributed by atoms with van der Waals surface area (Å²) in [5, 5.41) is 5.35. The zero-order valence-electron chi connectivity index (χ0n) is 9.34. The summed E-state index contributed by atoms with van der Waals surface area (Å²) in [6.07, 6.45) is 2.79. The Hall–Kier alpha value is -0.180. The van der Waals surface area contributed by atoms with E-state index in [1.165, 1.54) is 18.0 Å². The standard InChI is InChI=1S/C11H20N2S/c1-8(2)11(4-5-11)7-13-10-12-6-9(3)14-10/h8-9H,4-7H2,1-3H3,(H,12,13). The summed E-state index contributed by atoms with van der Waals surface area (Å²) >= 11 is 1.88. The lowest BCUT2D eigenvalue weighted by Gasteiger charge is -2.20. The average Bonchev–Trinajstić information content (AvgIpc) is 2.82. The lowest BCUT2D eigenvalue weighted by atomic mass is 9.92.